The van der Waals surface area contributed by atoms with Crippen molar-refractivity contribution in [1.82, 2.24) is 0 Å². The highest BCUT2D eigenvalue weighted by Crippen LogP contribution is 2.60. The number of nitrogens with zero attached hydrogens (tertiary/aromatic N) is 2. The van der Waals surface area contributed by atoms with Gasteiger partial charge in [0.1, 0.15) is 0 Å². The standard InChI is InChI=1S/C30H33FN2O4Si/c1-21-28(38(2,3)31)27(16-17-34)37-30(21)25-18-24(33(20-35)23-12-8-5-9-13-23)14-15-26(25)32(29(30)36)19-22-10-6-4-7-11-22/h4-15,18,20-21,27-28,34H,16-17,19H2,1-3H3/t21-,27+,28-,30+/m1/s1. The first-order valence-electron chi connectivity index (χ1n) is 13.0. The Hall–Kier alpha value is -3.33. The smallest absolute Gasteiger partial charge is 0.264 e. The van der Waals surface area contributed by atoms with E-state index >= 15 is 4.11 Å². The Morgan fingerprint density at radius 3 is 2.32 bits per heavy atom. The summed E-state index contributed by atoms with van der Waals surface area (Å²) >= 11 is 0. The summed E-state index contributed by atoms with van der Waals surface area (Å²) in [6, 6.07) is 24.5. The average molecular weight is 533 g/mol. The zero-order valence-corrected chi connectivity index (χ0v) is 22.9. The fourth-order valence-electron chi connectivity index (χ4n) is 6.36. The van der Waals surface area contributed by atoms with E-state index in [1.807, 2.05) is 85.8 Å². The van der Waals surface area contributed by atoms with Gasteiger partial charge in [0, 0.05) is 35.0 Å². The second-order valence-corrected chi connectivity index (χ2v) is 14.5. The Bertz CT molecular complexity index is 1320. The number of amides is 2. The number of para-hydroxylation sites is 1. The molecule has 2 aliphatic rings. The second kappa shape index (κ2) is 10.1. The monoisotopic (exact) mass is 532 g/mol. The summed E-state index contributed by atoms with van der Waals surface area (Å²) in [7, 11) is -3.30. The SMILES string of the molecule is C[C@@H]1[C@@H]([Si](C)(C)F)[C@H](CCO)O[C@@]12C(=O)N(Cc1ccccc1)c1ccc(N(C=O)c3ccccc3)cc12. The molecule has 3 aromatic carbocycles. The lowest BCUT2D eigenvalue weighted by Crippen LogP contribution is -2.45. The molecule has 0 aromatic heterocycles. The number of benzene rings is 3. The third-order valence-electron chi connectivity index (χ3n) is 7.96. The molecular formula is C30H33FN2O4Si. The Labute approximate surface area is 223 Å². The summed E-state index contributed by atoms with van der Waals surface area (Å²) < 4.78 is 22.4. The van der Waals surface area contributed by atoms with Crippen molar-refractivity contribution < 1.29 is 23.5 Å². The predicted molar refractivity (Wildman–Crippen MR) is 148 cm³/mol. The molecule has 38 heavy (non-hydrogen) atoms. The van der Waals surface area contributed by atoms with Crippen LogP contribution in [0.1, 0.15) is 24.5 Å². The van der Waals surface area contributed by atoms with E-state index in [1.54, 1.807) is 18.0 Å². The van der Waals surface area contributed by atoms with Crippen LogP contribution in [0.15, 0.2) is 78.9 Å². The summed E-state index contributed by atoms with van der Waals surface area (Å²) in [5, 5.41) is 9.78. The van der Waals surface area contributed by atoms with E-state index in [1.165, 1.54) is 4.90 Å². The van der Waals surface area contributed by atoms with E-state index in [2.05, 4.69) is 0 Å². The van der Waals surface area contributed by atoms with Crippen molar-refractivity contribution in [3.05, 3.63) is 90.0 Å². The van der Waals surface area contributed by atoms with Crippen LogP contribution < -0.4 is 9.80 Å². The first kappa shape index (κ1) is 26.3. The minimum atomic E-state index is -3.30. The fraction of sp³-hybridized carbons (Fsp3) is 0.333. The molecule has 6 nitrogen and oxygen atoms in total. The Morgan fingerprint density at radius 1 is 1.05 bits per heavy atom. The molecule has 0 unspecified atom stereocenters. The van der Waals surface area contributed by atoms with Gasteiger partial charge in [0.2, 0.25) is 14.8 Å². The van der Waals surface area contributed by atoms with Gasteiger partial charge in [-0.05, 0) is 55.4 Å². The lowest BCUT2D eigenvalue weighted by molar-refractivity contribution is -0.146. The highest BCUT2D eigenvalue weighted by Gasteiger charge is 2.66. The maximum atomic E-state index is 15.8. The van der Waals surface area contributed by atoms with Crippen LogP contribution in [0.5, 0.6) is 0 Å². The van der Waals surface area contributed by atoms with Gasteiger partial charge in [0.25, 0.3) is 5.91 Å². The van der Waals surface area contributed by atoms with Crippen LogP contribution in [0.3, 0.4) is 0 Å². The molecule has 3 aromatic rings. The molecule has 4 atom stereocenters. The van der Waals surface area contributed by atoms with E-state index < -0.39 is 31.6 Å². The molecule has 5 rings (SSSR count). The van der Waals surface area contributed by atoms with Gasteiger partial charge in [-0.25, -0.2) is 0 Å². The third kappa shape index (κ3) is 4.26. The number of aliphatic hydroxyl groups excluding tert-OH is 1. The summed E-state index contributed by atoms with van der Waals surface area (Å²) in [6.07, 6.45) is 0.411. The number of hydrogen-bond donors (Lipinski definition) is 1. The lowest BCUT2D eigenvalue weighted by Gasteiger charge is -2.31. The van der Waals surface area contributed by atoms with E-state index in [9.17, 15) is 14.7 Å². The molecular weight excluding hydrogens is 499 g/mol. The van der Waals surface area contributed by atoms with Crippen molar-refractivity contribution in [3.8, 4) is 0 Å². The van der Waals surface area contributed by atoms with Crippen molar-refractivity contribution in [2.45, 2.75) is 50.2 Å². The number of halogens is 1. The number of fused-ring (bicyclic) bond motifs is 2. The minimum Gasteiger partial charge on any atom is -0.396 e. The molecule has 0 aliphatic carbocycles. The number of rotatable bonds is 8. The zero-order chi connectivity index (χ0) is 27.1. The third-order valence-corrected chi connectivity index (χ3v) is 10.4. The van der Waals surface area contributed by atoms with Gasteiger partial charge in [-0.2, -0.15) is 0 Å². The van der Waals surface area contributed by atoms with Gasteiger partial charge < -0.3 is 18.9 Å². The van der Waals surface area contributed by atoms with Crippen molar-refractivity contribution >= 4 is 37.8 Å². The van der Waals surface area contributed by atoms with Crippen LogP contribution in [-0.2, 0) is 26.5 Å². The number of aliphatic hydroxyl groups is 1. The maximum Gasteiger partial charge on any atom is 0.264 e. The summed E-state index contributed by atoms with van der Waals surface area (Å²) in [4.78, 5) is 29.8. The van der Waals surface area contributed by atoms with Crippen LogP contribution in [0.2, 0.25) is 18.6 Å². The summed E-state index contributed by atoms with van der Waals surface area (Å²) in [5.74, 6) is -0.698. The molecule has 0 radical (unpaired) electrons. The average Bonchev–Trinajstić information content (AvgIpc) is 3.33. The van der Waals surface area contributed by atoms with E-state index in [0.717, 1.165) is 12.0 Å². The molecule has 2 heterocycles. The first-order chi connectivity index (χ1) is 18.2. The lowest BCUT2D eigenvalue weighted by atomic mass is 9.82. The predicted octanol–water partition coefficient (Wildman–Crippen LogP) is 5.69. The van der Waals surface area contributed by atoms with Crippen molar-refractivity contribution in [3.63, 3.8) is 0 Å². The van der Waals surface area contributed by atoms with E-state index in [-0.39, 0.29) is 18.9 Å². The molecule has 0 bridgehead atoms. The van der Waals surface area contributed by atoms with Gasteiger partial charge in [-0.3, -0.25) is 14.5 Å². The zero-order valence-electron chi connectivity index (χ0n) is 21.9. The highest BCUT2D eigenvalue weighted by molar-refractivity contribution is 6.72. The molecule has 2 aliphatic heterocycles. The van der Waals surface area contributed by atoms with E-state index in [0.29, 0.717) is 29.2 Å². The van der Waals surface area contributed by atoms with Crippen molar-refractivity contribution in [2.24, 2.45) is 5.92 Å². The maximum absolute atomic E-state index is 15.8. The molecule has 1 spiro atoms. The van der Waals surface area contributed by atoms with Crippen LogP contribution in [0.4, 0.5) is 21.2 Å². The normalized spacial score (nSPS) is 24.6. The van der Waals surface area contributed by atoms with Gasteiger partial charge in [0.05, 0.1) is 18.3 Å². The summed E-state index contributed by atoms with van der Waals surface area (Å²) in [6.45, 7) is 5.36. The van der Waals surface area contributed by atoms with Gasteiger partial charge in [-0.1, -0.05) is 55.5 Å². The molecule has 0 saturated carbocycles. The Kier molecular flexibility index (Phi) is 6.98. The van der Waals surface area contributed by atoms with Gasteiger partial charge in [-0.15, -0.1) is 0 Å². The molecule has 198 valence electrons. The van der Waals surface area contributed by atoms with Crippen LogP contribution in [-0.4, -0.2) is 38.5 Å². The molecule has 1 fully saturated rings. The summed E-state index contributed by atoms with van der Waals surface area (Å²) in [5.41, 5.74) is 1.67. The van der Waals surface area contributed by atoms with Crippen molar-refractivity contribution in [1.29, 1.82) is 0 Å². The number of ether oxygens (including phenoxy) is 1. The number of carbonyl (C=O) groups excluding carboxylic acids is 2. The molecule has 1 saturated heterocycles. The first-order valence-corrected chi connectivity index (χ1v) is 16.0. The van der Waals surface area contributed by atoms with Crippen molar-refractivity contribution in [2.75, 3.05) is 16.4 Å². The topological polar surface area (TPSA) is 70.1 Å². The fourth-order valence-corrected chi connectivity index (χ4v) is 8.91. The number of anilines is 3. The number of hydrogen-bond acceptors (Lipinski definition) is 4. The van der Waals surface area contributed by atoms with Gasteiger partial charge >= 0.3 is 0 Å². The second-order valence-electron chi connectivity index (χ2n) is 10.7. The van der Waals surface area contributed by atoms with Crippen LogP contribution >= 0.6 is 0 Å². The minimum absolute atomic E-state index is 0.157. The van der Waals surface area contributed by atoms with E-state index in [4.69, 9.17) is 4.74 Å². The highest BCUT2D eigenvalue weighted by atomic mass is 28.4. The molecule has 8 heteroatoms. The van der Waals surface area contributed by atoms with Crippen LogP contribution in [0, 0.1) is 5.92 Å². The molecule has 1 N–H and O–H groups in total. The largest absolute Gasteiger partial charge is 0.396 e. The Morgan fingerprint density at radius 2 is 1.71 bits per heavy atom. The Balaban J connectivity index is 1.67. The van der Waals surface area contributed by atoms with Gasteiger partial charge in [0.15, 0.2) is 5.60 Å². The quantitative estimate of drug-likeness (QED) is 0.230. The van der Waals surface area contributed by atoms with Crippen LogP contribution in [0.25, 0.3) is 0 Å². The molecule has 2 amide bonds. The number of carbonyl (C=O) groups is 2.